The normalized spacial score (nSPS) is 14.9. The lowest BCUT2D eigenvalue weighted by Gasteiger charge is -2.35. The molecule has 2 unspecified atom stereocenters. The van der Waals surface area contributed by atoms with Gasteiger partial charge in [-0.15, -0.1) is 0 Å². The van der Waals surface area contributed by atoms with Crippen LogP contribution in [0.2, 0.25) is 0 Å². The largest absolute Gasteiger partial charge is 0.444 e. The van der Waals surface area contributed by atoms with E-state index in [4.69, 9.17) is 4.74 Å². The summed E-state index contributed by atoms with van der Waals surface area (Å²) in [6.07, 6.45) is 1.41. The summed E-state index contributed by atoms with van der Waals surface area (Å²) in [5.74, 6) is -0.396. The SMILES string of the molecule is Cc1ccc(C(C(=O)Nc2c(C)cccc2C)N(C(=O)C(CC(C)C)NC(=O)OC(C)(C)C)C2CC2)cc1C. The fraction of sp³-hybridized carbons (Fsp3) is 0.531. The van der Waals surface area contributed by atoms with E-state index in [0.717, 1.165) is 46.3 Å². The van der Waals surface area contributed by atoms with Crippen molar-refractivity contribution in [1.29, 1.82) is 0 Å². The zero-order valence-corrected chi connectivity index (χ0v) is 25.0. The summed E-state index contributed by atoms with van der Waals surface area (Å²) >= 11 is 0. The highest BCUT2D eigenvalue weighted by molar-refractivity contribution is 6.00. The Morgan fingerprint density at radius 1 is 0.949 bits per heavy atom. The van der Waals surface area contributed by atoms with Crippen LogP contribution in [-0.4, -0.2) is 40.5 Å². The van der Waals surface area contributed by atoms with E-state index in [-0.39, 0.29) is 23.8 Å². The van der Waals surface area contributed by atoms with Gasteiger partial charge in [-0.2, -0.15) is 0 Å². The summed E-state index contributed by atoms with van der Waals surface area (Å²) in [6.45, 7) is 17.3. The minimum atomic E-state index is -0.849. The van der Waals surface area contributed by atoms with E-state index in [1.165, 1.54) is 0 Å². The third-order valence-corrected chi connectivity index (χ3v) is 6.99. The number of carbonyl (C=O) groups is 3. The highest BCUT2D eigenvalue weighted by Crippen LogP contribution is 2.37. The van der Waals surface area contributed by atoms with Gasteiger partial charge in [-0.25, -0.2) is 4.79 Å². The van der Waals surface area contributed by atoms with Crippen LogP contribution in [0, 0.1) is 33.6 Å². The van der Waals surface area contributed by atoms with Gasteiger partial charge in [-0.05, 0) is 101 Å². The number of aryl methyl sites for hydroxylation is 4. The number of carbonyl (C=O) groups excluding carboxylic acids is 3. The lowest BCUT2D eigenvalue weighted by atomic mass is 9.96. The highest BCUT2D eigenvalue weighted by Gasteiger charge is 2.44. The van der Waals surface area contributed by atoms with Crippen LogP contribution in [0.25, 0.3) is 0 Å². The molecule has 1 aliphatic carbocycles. The van der Waals surface area contributed by atoms with Gasteiger partial charge in [0.05, 0.1) is 0 Å². The first-order valence-electron chi connectivity index (χ1n) is 13.9. The molecule has 0 heterocycles. The Hall–Kier alpha value is -3.35. The van der Waals surface area contributed by atoms with E-state index in [2.05, 4.69) is 10.6 Å². The number of nitrogens with zero attached hydrogens (tertiary/aromatic N) is 1. The first-order chi connectivity index (χ1) is 18.2. The molecule has 2 aromatic rings. The first kappa shape index (κ1) is 30.2. The Morgan fingerprint density at radius 3 is 2.08 bits per heavy atom. The van der Waals surface area contributed by atoms with Crippen molar-refractivity contribution in [2.24, 2.45) is 5.92 Å². The molecule has 7 nitrogen and oxygen atoms in total. The van der Waals surface area contributed by atoms with E-state index in [0.29, 0.717) is 6.42 Å². The number of ether oxygens (including phenoxy) is 1. The van der Waals surface area contributed by atoms with Crippen molar-refractivity contribution < 1.29 is 19.1 Å². The van der Waals surface area contributed by atoms with Crippen LogP contribution in [0.5, 0.6) is 0 Å². The van der Waals surface area contributed by atoms with Gasteiger partial charge in [0.25, 0.3) is 5.91 Å². The lowest BCUT2D eigenvalue weighted by Crippen LogP contribution is -2.53. The smallest absolute Gasteiger partial charge is 0.408 e. The van der Waals surface area contributed by atoms with E-state index >= 15 is 0 Å². The van der Waals surface area contributed by atoms with E-state index in [1.54, 1.807) is 25.7 Å². The van der Waals surface area contributed by atoms with Crippen LogP contribution >= 0.6 is 0 Å². The van der Waals surface area contributed by atoms with Crippen molar-refractivity contribution in [3.05, 3.63) is 64.2 Å². The number of alkyl carbamates (subject to hydrolysis) is 1. The second-order valence-corrected chi connectivity index (χ2v) is 12.3. The summed E-state index contributed by atoms with van der Waals surface area (Å²) in [5.41, 5.74) is 4.88. The molecule has 0 radical (unpaired) electrons. The van der Waals surface area contributed by atoms with Crippen LogP contribution < -0.4 is 10.6 Å². The Morgan fingerprint density at radius 2 is 1.56 bits per heavy atom. The second-order valence-electron chi connectivity index (χ2n) is 12.3. The second kappa shape index (κ2) is 12.2. The van der Waals surface area contributed by atoms with Gasteiger partial charge in [-0.3, -0.25) is 9.59 Å². The number of hydrogen-bond acceptors (Lipinski definition) is 4. The molecule has 0 bridgehead atoms. The highest BCUT2D eigenvalue weighted by atomic mass is 16.6. The fourth-order valence-electron chi connectivity index (χ4n) is 4.77. The van der Waals surface area contributed by atoms with E-state index < -0.39 is 23.8 Å². The number of hydrogen-bond donors (Lipinski definition) is 2. The summed E-state index contributed by atoms with van der Waals surface area (Å²) in [5, 5.41) is 5.95. The zero-order chi connectivity index (χ0) is 29.1. The molecule has 212 valence electrons. The molecule has 2 N–H and O–H groups in total. The summed E-state index contributed by atoms with van der Waals surface area (Å²) in [4.78, 5) is 42.9. The maximum atomic E-state index is 14.3. The van der Waals surface area contributed by atoms with Gasteiger partial charge < -0.3 is 20.3 Å². The Bertz CT molecular complexity index is 1190. The fourth-order valence-corrected chi connectivity index (χ4v) is 4.77. The molecular weight excluding hydrogens is 490 g/mol. The first-order valence-corrected chi connectivity index (χ1v) is 13.9. The predicted molar refractivity (Wildman–Crippen MR) is 156 cm³/mol. The van der Waals surface area contributed by atoms with Gasteiger partial charge in [0.1, 0.15) is 17.7 Å². The monoisotopic (exact) mass is 535 g/mol. The number of nitrogens with one attached hydrogen (secondary N) is 2. The van der Waals surface area contributed by atoms with Crippen molar-refractivity contribution in [2.45, 2.75) is 105 Å². The summed E-state index contributed by atoms with van der Waals surface area (Å²) in [7, 11) is 0. The molecule has 0 aliphatic heterocycles. The van der Waals surface area contributed by atoms with E-state index in [9.17, 15) is 14.4 Å². The molecule has 3 amide bonds. The van der Waals surface area contributed by atoms with Crippen LogP contribution in [0.15, 0.2) is 36.4 Å². The number of para-hydroxylation sites is 1. The maximum Gasteiger partial charge on any atom is 0.408 e. The van der Waals surface area contributed by atoms with Crippen LogP contribution in [0.3, 0.4) is 0 Å². The number of amides is 3. The van der Waals surface area contributed by atoms with E-state index in [1.807, 2.05) is 77.9 Å². The molecule has 0 spiro atoms. The molecule has 1 aliphatic rings. The number of benzene rings is 2. The predicted octanol–water partition coefficient (Wildman–Crippen LogP) is 6.53. The van der Waals surface area contributed by atoms with Gasteiger partial charge in [0, 0.05) is 11.7 Å². The average Bonchev–Trinajstić information content (AvgIpc) is 3.64. The van der Waals surface area contributed by atoms with Gasteiger partial charge >= 0.3 is 6.09 Å². The summed E-state index contributed by atoms with van der Waals surface area (Å²) < 4.78 is 5.48. The molecule has 0 saturated heterocycles. The summed E-state index contributed by atoms with van der Waals surface area (Å²) in [6, 6.07) is 10.0. The zero-order valence-electron chi connectivity index (χ0n) is 25.0. The third-order valence-electron chi connectivity index (χ3n) is 6.99. The average molecular weight is 536 g/mol. The topological polar surface area (TPSA) is 87.7 Å². The molecule has 2 atom stereocenters. The number of anilines is 1. The molecule has 39 heavy (non-hydrogen) atoms. The molecule has 7 heteroatoms. The minimum absolute atomic E-state index is 0.0806. The molecule has 0 aromatic heterocycles. The molecule has 1 fully saturated rings. The van der Waals surface area contributed by atoms with Crippen molar-refractivity contribution in [2.75, 3.05) is 5.32 Å². The minimum Gasteiger partial charge on any atom is -0.444 e. The van der Waals surface area contributed by atoms with Crippen molar-refractivity contribution in [3.63, 3.8) is 0 Å². The van der Waals surface area contributed by atoms with Gasteiger partial charge in [0.2, 0.25) is 5.91 Å². The molecule has 2 aromatic carbocycles. The standard InChI is InChI=1S/C32H45N3O4/c1-19(2)17-26(33-31(38)39-32(7,8)9)30(37)35(25-15-16-25)28(24-14-13-20(3)23(6)18-24)29(36)34-27-21(4)11-10-12-22(27)5/h10-14,18-19,25-26,28H,15-17H2,1-9H3,(H,33,38)(H,34,36). The quantitative estimate of drug-likeness (QED) is 0.382. The van der Waals surface area contributed by atoms with Crippen LogP contribution in [-0.2, 0) is 14.3 Å². The van der Waals surface area contributed by atoms with Crippen molar-refractivity contribution in [3.8, 4) is 0 Å². The lowest BCUT2D eigenvalue weighted by molar-refractivity contribution is -0.141. The van der Waals surface area contributed by atoms with Gasteiger partial charge in [0.15, 0.2) is 0 Å². The number of rotatable bonds is 9. The van der Waals surface area contributed by atoms with Gasteiger partial charge in [-0.1, -0.05) is 50.2 Å². The Kier molecular flexibility index (Phi) is 9.47. The van der Waals surface area contributed by atoms with Crippen LogP contribution in [0.4, 0.5) is 10.5 Å². The van der Waals surface area contributed by atoms with Crippen molar-refractivity contribution >= 4 is 23.6 Å². The molecule has 1 saturated carbocycles. The Balaban J connectivity index is 2.05. The Labute approximate surface area is 233 Å². The van der Waals surface area contributed by atoms with Crippen molar-refractivity contribution in [1.82, 2.24) is 10.2 Å². The molecular formula is C32H45N3O4. The van der Waals surface area contributed by atoms with Crippen LogP contribution in [0.1, 0.15) is 87.7 Å². The third kappa shape index (κ3) is 8.07. The molecule has 3 rings (SSSR count). The maximum absolute atomic E-state index is 14.3.